The van der Waals surface area contributed by atoms with Gasteiger partial charge in [0.15, 0.2) is 5.65 Å². The molecule has 0 saturated carbocycles. The Morgan fingerprint density at radius 2 is 1.90 bits per heavy atom. The van der Waals surface area contributed by atoms with Crippen LogP contribution in [-0.2, 0) is 6.54 Å². The molecule has 152 valence electrons. The van der Waals surface area contributed by atoms with Crippen LogP contribution in [0.4, 0.5) is 10.6 Å². The number of nitrogens with zero attached hydrogens (tertiary/aromatic N) is 5. The van der Waals surface area contributed by atoms with Gasteiger partial charge in [0.25, 0.3) is 0 Å². The average Bonchev–Trinajstić information content (AvgIpc) is 3.18. The third-order valence-electron chi connectivity index (χ3n) is 4.59. The Balaban J connectivity index is 1.58. The van der Waals surface area contributed by atoms with Crippen LogP contribution in [-0.4, -0.2) is 36.6 Å². The van der Waals surface area contributed by atoms with E-state index in [0.29, 0.717) is 35.3 Å². The fourth-order valence-corrected chi connectivity index (χ4v) is 3.04. The van der Waals surface area contributed by atoms with Gasteiger partial charge < -0.3 is 15.4 Å². The highest BCUT2D eigenvalue weighted by atomic mass is 16.6. The number of carbonyl (C=O) groups excluding carboxylic acids is 1. The summed E-state index contributed by atoms with van der Waals surface area (Å²) in [6.07, 6.45) is 1.22. The molecule has 0 aliphatic carbocycles. The quantitative estimate of drug-likeness (QED) is 0.545. The van der Waals surface area contributed by atoms with Crippen LogP contribution in [0.25, 0.3) is 17.2 Å². The molecular weight excluding hydrogens is 380 g/mol. The van der Waals surface area contributed by atoms with Gasteiger partial charge in [-0.15, -0.1) is 5.10 Å². The number of carbonyl (C=O) groups is 1. The Hall–Kier alpha value is -3.94. The lowest BCUT2D eigenvalue weighted by Crippen LogP contribution is -2.38. The number of ether oxygens (including phenoxy) is 1. The van der Waals surface area contributed by atoms with E-state index in [2.05, 4.69) is 15.1 Å². The number of anilines is 1. The van der Waals surface area contributed by atoms with Crippen molar-refractivity contribution in [3.05, 3.63) is 72.4 Å². The predicted molar refractivity (Wildman–Crippen MR) is 114 cm³/mol. The minimum atomic E-state index is -0.456. The minimum absolute atomic E-state index is 0.0392. The fraction of sp³-hybridized carbons (Fsp3) is 0.182. The first-order valence-corrected chi connectivity index (χ1v) is 9.61. The molecule has 0 aliphatic heterocycles. The second-order valence-electron chi connectivity index (χ2n) is 7.11. The number of nitrogen functional groups attached to an aromatic ring is 1. The van der Waals surface area contributed by atoms with Crippen molar-refractivity contribution in [1.82, 2.24) is 24.5 Å². The van der Waals surface area contributed by atoms with E-state index in [0.717, 1.165) is 5.56 Å². The van der Waals surface area contributed by atoms with Gasteiger partial charge >= 0.3 is 6.09 Å². The molecule has 0 bridgehead atoms. The van der Waals surface area contributed by atoms with Crippen LogP contribution in [0.5, 0.6) is 5.75 Å². The van der Waals surface area contributed by atoms with E-state index in [1.807, 2.05) is 62.4 Å². The van der Waals surface area contributed by atoms with Gasteiger partial charge in [-0.2, -0.15) is 4.52 Å². The summed E-state index contributed by atoms with van der Waals surface area (Å²) < 4.78 is 7.12. The summed E-state index contributed by atoms with van der Waals surface area (Å²) in [5.74, 6) is 1.06. The van der Waals surface area contributed by atoms with Crippen molar-refractivity contribution in [2.75, 3.05) is 5.73 Å². The van der Waals surface area contributed by atoms with Crippen LogP contribution < -0.4 is 10.5 Å². The van der Waals surface area contributed by atoms with Crippen LogP contribution in [0, 0.1) is 0 Å². The molecule has 0 fully saturated rings. The second kappa shape index (κ2) is 8.20. The van der Waals surface area contributed by atoms with Crippen LogP contribution in [0.15, 0.2) is 66.9 Å². The third-order valence-corrected chi connectivity index (χ3v) is 4.59. The Morgan fingerprint density at radius 3 is 2.60 bits per heavy atom. The maximum atomic E-state index is 12.8. The van der Waals surface area contributed by atoms with E-state index in [-0.39, 0.29) is 6.04 Å². The van der Waals surface area contributed by atoms with Crippen molar-refractivity contribution in [3.8, 4) is 17.3 Å². The number of hydrogen-bond donors (Lipinski definition) is 1. The van der Waals surface area contributed by atoms with E-state index in [4.69, 9.17) is 10.5 Å². The van der Waals surface area contributed by atoms with Crippen molar-refractivity contribution < 1.29 is 9.53 Å². The Labute approximate surface area is 173 Å². The highest BCUT2D eigenvalue weighted by molar-refractivity contribution is 5.72. The van der Waals surface area contributed by atoms with E-state index < -0.39 is 6.09 Å². The van der Waals surface area contributed by atoms with Crippen LogP contribution in [0.3, 0.4) is 0 Å². The highest BCUT2D eigenvalue weighted by Gasteiger charge is 2.20. The standard InChI is InChI=1S/C22H22N6O2/c1-15(2)27(14-16-8-4-3-5-9-16)22(29)30-17-12-19(23)28-20(13-17)25-21(26-28)18-10-6-7-11-24-18/h3-13,15H,14,23H2,1-2H3. The molecule has 0 saturated heterocycles. The van der Waals surface area contributed by atoms with E-state index in [9.17, 15) is 4.79 Å². The predicted octanol–water partition coefficient (Wildman–Crippen LogP) is 3.78. The Bertz CT molecular complexity index is 1160. The molecule has 2 N–H and O–H groups in total. The fourth-order valence-electron chi connectivity index (χ4n) is 3.04. The molecule has 4 rings (SSSR count). The molecule has 3 heterocycles. The molecule has 1 aromatic carbocycles. The summed E-state index contributed by atoms with van der Waals surface area (Å²) in [4.78, 5) is 23.2. The molecule has 0 unspecified atom stereocenters. The van der Waals surface area contributed by atoms with Crippen molar-refractivity contribution in [2.45, 2.75) is 26.4 Å². The maximum Gasteiger partial charge on any atom is 0.415 e. The molecule has 0 spiro atoms. The lowest BCUT2D eigenvalue weighted by atomic mass is 10.2. The number of amides is 1. The van der Waals surface area contributed by atoms with Gasteiger partial charge in [-0.3, -0.25) is 4.98 Å². The van der Waals surface area contributed by atoms with Gasteiger partial charge in [-0.25, -0.2) is 9.78 Å². The molecule has 8 nitrogen and oxygen atoms in total. The first-order valence-electron chi connectivity index (χ1n) is 9.61. The molecule has 0 radical (unpaired) electrons. The molecule has 4 aromatic rings. The monoisotopic (exact) mass is 402 g/mol. The number of fused-ring (bicyclic) bond motifs is 1. The molecule has 8 heteroatoms. The summed E-state index contributed by atoms with van der Waals surface area (Å²) in [6, 6.07) is 18.4. The zero-order valence-electron chi connectivity index (χ0n) is 16.8. The zero-order chi connectivity index (χ0) is 21.1. The van der Waals surface area contributed by atoms with Gasteiger partial charge in [0.2, 0.25) is 5.82 Å². The summed E-state index contributed by atoms with van der Waals surface area (Å²) >= 11 is 0. The number of aromatic nitrogens is 4. The minimum Gasteiger partial charge on any atom is -0.410 e. The normalized spacial score (nSPS) is 11.0. The van der Waals surface area contributed by atoms with Gasteiger partial charge in [0, 0.05) is 30.9 Å². The molecule has 0 aliphatic rings. The van der Waals surface area contributed by atoms with Crippen LogP contribution >= 0.6 is 0 Å². The summed E-state index contributed by atoms with van der Waals surface area (Å²) in [7, 11) is 0. The van der Waals surface area contributed by atoms with Crippen LogP contribution in [0.1, 0.15) is 19.4 Å². The average molecular weight is 402 g/mol. The largest absolute Gasteiger partial charge is 0.415 e. The third kappa shape index (κ3) is 4.07. The van der Waals surface area contributed by atoms with Gasteiger partial charge in [-0.1, -0.05) is 36.4 Å². The van der Waals surface area contributed by atoms with Gasteiger partial charge in [0.05, 0.1) is 0 Å². The number of pyridine rings is 2. The first-order chi connectivity index (χ1) is 14.5. The summed E-state index contributed by atoms with van der Waals surface area (Å²) in [6.45, 7) is 4.34. The topological polar surface area (TPSA) is 98.6 Å². The smallest absolute Gasteiger partial charge is 0.410 e. The first kappa shape index (κ1) is 19.4. The number of nitrogens with two attached hydrogens (primary N) is 1. The molecular formula is C22H22N6O2. The number of hydrogen-bond acceptors (Lipinski definition) is 6. The van der Waals surface area contributed by atoms with E-state index in [1.54, 1.807) is 23.2 Å². The molecule has 1 amide bonds. The number of rotatable bonds is 5. The highest BCUT2D eigenvalue weighted by Crippen LogP contribution is 2.23. The lowest BCUT2D eigenvalue weighted by molar-refractivity contribution is 0.135. The second-order valence-corrected chi connectivity index (χ2v) is 7.11. The summed E-state index contributed by atoms with van der Waals surface area (Å²) in [5, 5.41) is 4.39. The van der Waals surface area contributed by atoms with Crippen molar-refractivity contribution in [3.63, 3.8) is 0 Å². The van der Waals surface area contributed by atoms with Gasteiger partial charge in [-0.05, 0) is 31.5 Å². The van der Waals surface area contributed by atoms with E-state index in [1.165, 1.54) is 4.52 Å². The zero-order valence-corrected chi connectivity index (χ0v) is 16.8. The summed E-state index contributed by atoms with van der Waals surface area (Å²) in [5.41, 5.74) is 8.24. The molecule has 30 heavy (non-hydrogen) atoms. The lowest BCUT2D eigenvalue weighted by Gasteiger charge is -2.26. The maximum absolute atomic E-state index is 12.8. The van der Waals surface area contributed by atoms with Crippen molar-refractivity contribution in [1.29, 1.82) is 0 Å². The van der Waals surface area contributed by atoms with Gasteiger partial charge in [0.1, 0.15) is 17.3 Å². The SMILES string of the molecule is CC(C)N(Cc1ccccc1)C(=O)Oc1cc(N)n2nc(-c3ccccn3)nc2c1. The van der Waals surface area contributed by atoms with Crippen LogP contribution in [0.2, 0.25) is 0 Å². The Kier molecular flexibility index (Phi) is 5.30. The Morgan fingerprint density at radius 1 is 1.13 bits per heavy atom. The molecule has 3 aromatic heterocycles. The van der Waals surface area contributed by atoms with E-state index >= 15 is 0 Å². The van der Waals surface area contributed by atoms with Crippen molar-refractivity contribution in [2.24, 2.45) is 0 Å². The molecule has 0 atom stereocenters. The van der Waals surface area contributed by atoms with Crippen molar-refractivity contribution >= 4 is 17.6 Å². The number of benzene rings is 1.